The number of likely N-dealkylation sites (N-methyl/N-ethyl adjacent to an activating group) is 2. The Morgan fingerprint density at radius 3 is 1.88 bits per heavy atom. The molecule has 0 aliphatic carbocycles. The van der Waals surface area contributed by atoms with Crippen LogP contribution in [0.4, 0.5) is 15.3 Å². The summed E-state index contributed by atoms with van der Waals surface area (Å²) in [6, 6.07) is 8.46. The first-order valence-corrected chi connectivity index (χ1v) is 34.6. The van der Waals surface area contributed by atoms with Crippen LogP contribution in [0, 0.1) is 29.6 Å². The summed E-state index contributed by atoms with van der Waals surface area (Å²) < 4.78 is 23.6. The van der Waals surface area contributed by atoms with Crippen LogP contribution in [-0.2, 0) is 79.9 Å². The molecule has 4 rings (SSSR count). The highest BCUT2D eigenvalue weighted by Crippen LogP contribution is 2.31. The minimum absolute atomic E-state index is 0.0800. The maximum absolute atomic E-state index is 14.9. The Morgan fingerprint density at radius 2 is 1.31 bits per heavy atom. The minimum atomic E-state index is -1.12. The first-order chi connectivity index (χ1) is 46.6. The number of nitrogens with two attached hydrogens (primary N) is 1. The maximum Gasteiger partial charge on any atom is 0.410 e. The molecule has 0 bridgehead atoms. The fourth-order valence-corrected chi connectivity index (χ4v) is 12.4. The number of urea groups is 1. The third kappa shape index (κ3) is 25.7. The Morgan fingerprint density at radius 1 is 0.687 bits per heavy atom. The number of amides is 12. The van der Waals surface area contributed by atoms with Crippen LogP contribution in [0.25, 0.3) is 0 Å². The second-order valence-corrected chi connectivity index (χ2v) is 27.9. The zero-order valence-electron chi connectivity index (χ0n) is 60.9. The van der Waals surface area contributed by atoms with Gasteiger partial charge in [-0.2, -0.15) is 0 Å². The lowest BCUT2D eigenvalue weighted by Crippen LogP contribution is -2.60. The Hall–Kier alpha value is -8.46. The van der Waals surface area contributed by atoms with Gasteiger partial charge in [-0.05, 0) is 106 Å². The topological polar surface area (TPSA) is 353 Å². The Balaban J connectivity index is 1.39. The van der Waals surface area contributed by atoms with Gasteiger partial charge in [-0.15, -0.1) is 0 Å². The van der Waals surface area contributed by atoms with E-state index in [1.54, 1.807) is 105 Å². The molecule has 11 atom stereocenters. The number of unbranched alkanes of at least 4 members (excludes halogenated alkanes) is 2. The van der Waals surface area contributed by atoms with Gasteiger partial charge in [-0.3, -0.25) is 53.0 Å². The number of esters is 1. The molecule has 2 aliphatic rings. The van der Waals surface area contributed by atoms with E-state index < -0.39 is 131 Å². The summed E-state index contributed by atoms with van der Waals surface area (Å²) in [5, 5.41) is 16.6. The lowest BCUT2D eigenvalue weighted by molar-refractivity contribution is -0.159. The normalized spacial score (nSPS) is 16.9. The maximum atomic E-state index is 14.9. The van der Waals surface area contributed by atoms with E-state index >= 15 is 0 Å². The number of nitrogens with zero attached hydrogens (tertiary/aromatic N) is 4. The van der Waals surface area contributed by atoms with Gasteiger partial charge >= 0.3 is 18.1 Å². The average molecular weight is 1390 g/mol. The molecule has 2 aromatic carbocycles. The summed E-state index contributed by atoms with van der Waals surface area (Å²) in [5.74, 6) is -6.94. The molecule has 0 saturated carbocycles. The van der Waals surface area contributed by atoms with Gasteiger partial charge in [-0.1, -0.05) is 118 Å². The van der Waals surface area contributed by atoms with Crippen LogP contribution in [0.2, 0.25) is 0 Å². The average Bonchev–Trinajstić information content (AvgIpc) is 1.75. The number of anilines is 1. The van der Waals surface area contributed by atoms with E-state index in [2.05, 4.69) is 31.9 Å². The number of ether oxygens (including phenoxy) is 4. The molecule has 1 fully saturated rings. The Bertz CT molecular complexity index is 3070. The highest BCUT2D eigenvalue weighted by Gasteiger charge is 2.44. The van der Waals surface area contributed by atoms with Crippen LogP contribution >= 0.6 is 0 Å². The SMILES string of the molecule is CC[C@H](C)[C@@H]([C@@H](CC(=O)N1CCCC1C(OC)[C@@H](C)C(=O)N[C@H](Cc1ccccc1)C(=O)OC(C)(C)C)OC)N(C)C(=O)[C@@H](NC(=O)[C@H](C(C)C)N(C)C(=O)OCc1ccc(NC(=O)[C@H](CCCNC(N)=O)NC(=O)[C@@H](NC(=O)CCCCCN2C(=O)C=CC2=O)C(C)C)cc1)C(C)C. The van der Waals surface area contributed by atoms with E-state index in [1.807, 2.05) is 44.2 Å². The number of primary amides is 1. The van der Waals surface area contributed by atoms with Gasteiger partial charge in [0, 0.05) is 78.6 Å². The van der Waals surface area contributed by atoms with Gasteiger partial charge in [-0.25, -0.2) is 14.4 Å². The Labute approximate surface area is 584 Å². The number of methoxy groups -OCH3 is 2. The molecule has 0 spiro atoms. The molecular formula is C72H111N11O16. The second-order valence-electron chi connectivity index (χ2n) is 27.9. The van der Waals surface area contributed by atoms with Crippen molar-refractivity contribution in [1.82, 2.24) is 46.2 Å². The molecule has 0 radical (unpaired) electrons. The summed E-state index contributed by atoms with van der Waals surface area (Å²) in [5.41, 5.74) is 6.13. The van der Waals surface area contributed by atoms with Crippen molar-refractivity contribution in [3.05, 3.63) is 77.9 Å². The lowest BCUT2D eigenvalue weighted by atomic mass is 9.89. The molecule has 99 heavy (non-hydrogen) atoms. The Kier molecular flexibility index (Phi) is 33.5. The molecule has 2 aliphatic heterocycles. The molecule has 8 N–H and O–H groups in total. The van der Waals surface area contributed by atoms with Crippen molar-refractivity contribution in [1.29, 1.82) is 0 Å². The van der Waals surface area contributed by atoms with E-state index in [1.165, 1.54) is 43.2 Å². The molecule has 550 valence electrons. The van der Waals surface area contributed by atoms with Crippen molar-refractivity contribution in [3.63, 3.8) is 0 Å². The standard InChI is InChI=1S/C72H111N11O16/c1-17-46(8)62(54(96-15)41-58(87)82-39-25-29-53(82)63(97-16)47(9)64(88)77-52(69(93)99-72(10,11)12)40-48-26-20-18-21-27-48)80(13)68(92)60(44(4)5)79-67(91)61(45(6)7)81(14)71(95)98-42-49-31-33-50(34-32-49)75-65(89)51(28-24-37-74-70(73)94)76-66(90)59(43(2)3)78-55(84)30-22-19-23-38-83-56(85)35-36-57(83)86/h18,20-21,26-27,31-36,43-47,51-54,59-63H,17,19,22-25,28-30,37-42H2,1-16H3,(H,75,89)(H,76,90)(H,77,88)(H,78,84)(H,79,91)(H3,73,74,94)/t46-,47+,51-,52+,53?,54+,59-,60-,61-,62-,63?/m0/s1. The van der Waals surface area contributed by atoms with Gasteiger partial charge in [0.1, 0.15) is 42.4 Å². The molecule has 0 aromatic heterocycles. The van der Waals surface area contributed by atoms with E-state index in [0.717, 1.165) is 10.5 Å². The van der Waals surface area contributed by atoms with Crippen molar-refractivity contribution in [2.24, 2.45) is 35.3 Å². The number of carbonyl (C=O) groups excluding carboxylic acids is 12. The zero-order chi connectivity index (χ0) is 74.0. The summed E-state index contributed by atoms with van der Waals surface area (Å²) in [4.78, 5) is 167. The second kappa shape index (κ2) is 40.0. The molecule has 1 saturated heterocycles. The quantitative estimate of drug-likeness (QED) is 0.0232. The number of hydrogen-bond acceptors (Lipinski definition) is 16. The molecule has 27 heteroatoms. The van der Waals surface area contributed by atoms with Crippen LogP contribution in [0.15, 0.2) is 66.7 Å². The van der Waals surface area contributed by atoms with Crippen molar-refractivity contribution in [2.75, 3.05) is 53.3 Å². The highest BCUT2D eigenvalue weighted by molar-refractivity contribution is 6.12. The number of benzene rings is 2. The van der Waals surface area contributed by atoms with Crippen LogP contribution in [0.1, 0.15) is 158 Å². The number of rotatable bonds is 39. The number of carbonyl (C=O) groups is 12. The van der Waals surface area contributed by atoms with Gasteiger partial charge in [0.05, 0.1) is 36.6 Å². The molecule has 27 nitrogen and oxygen atoms in total. The smallest absolute Gasteiger partial charge is 0.410 e. The van der Waals surface area contributed by atoms with Crippen molar-refractivity contribution < 1.29 is 76.5 Å². The monoisotopic (exact) mass is 1390 g/mol. The van der Waals surface area contributed by atoms with Gasteiger partial charge in [0.2, 0.25) is 41.4 Å². The first-order valence-electron chi connectivity index (χ1n) is 34.6. The van der Waals surface area contributed by atoms with Crippen LogP contribution < -0.4 is 37.6 Å². The summed E-state index contributed by atoms with van der Waals surface area (Å²) in [6.07, 6.45) is 3.81. The number of imide groups is 1. The van der Waals surface area contributed by atoms with Crippen molar-refractivity contribution in [3.8, 4) is 0 Å². The van der Waals surface area contributed by atoms with Gasteiger partial charge < -0.3 is 66.4 Å². The molecule has 2 heterocycles. The van der Waals surface area contributed by atoms with Gasteiger partial charge in [0.15, 0.2) is 0 Å². The number of nitrogens with one attached hydrogen (secondary N) is 6. The van der Waals surface area contributed by atoms with Crippen LogP contribution in [0.3, 0.4) is 0 Å². The van der Waals surface area contributed by atoms with Crippen molar-refractivity contribution in [2.45, 2.75) is 220 Å². The van der Waals surface area contributed by atoms with E-state index in [9.17, 15) is 57.5 Å². The third-order valence-electron chi connectivity index (χ3n) is 18.0. The highest BCUT2D eigenvalue weighted by atomic mass is 16.6. The van der Waals surface area contributed by atoms with E-state index in [0.29, 0.717) is 56.3 Å². The minimum Gasteiger partial charge on any atom is -0.458 e. The zero-order valence-corrected chi connectivity index (χ0v) is 60.9. The van der Waals surface area contributed by atoms with Crippen molar-refractivity contribution >= 4 is 76.9 Å². The predicted octanol–water partition coefficient (Wildman–Crippen LogP) is 5.91. The fraction of sp³-hybridized carbons (Fsp3) is 0.639. The number of hydrogen-bond donors (Lipinski definition) is 7. The fourth-order valence-electron chi connectivity index (χ4n) is 12.4. The molecular weight excluding hydrogens is 1270 g/mol. The molecule has 2 aromatic rings. The summed E-state index contributed by atoms with van der Waals surface area (Å²) in [7, 11) is 6.04. The molecule has 12 amide bonds. The third-order valence-corrected chi connectivity index (χ3v) is 18.0. The predicted molar refractivity (Wildman–Crippen MR) is 372 cm³/mol. The van der Waals surface area contributed by atoms with E-state index in [-0.39, 0.29) is 81.4 Å². The lowest BCUT2D eigenvalue weighted by Gasteiger charge is -2.41. The number of likely N-dealkylation sites (tertiary alicyclic amines) is 1. The van der Waals surface area contributed by atoms with Crippen LogP contribution in [0.5, 0.6) is 0 Å². The summed E-state index contributed by atoms with van der Waals surface area (Å²) in [6.45, 7) is 22.0. The van der Waals surface area contributed by atoms with Gasteiger partial charge in [0.25, 0.3) is 11.8 Å². The molecule has 2 unspecified atom stereocenters. The van der Waals surface area contributed by atoms with E-state index in [4.69, 9.17) is 24.7 Å². The first kappa shape index (κ1) is 83.0. The summed E-state index contributed by atoms with van der Waals surface area (Å²) >= 11 is 0. The largest absolute Gasteiger partial charge is 0.458 e. The van der Waals surface area contributed by atoms with Crippen LogP contribution in [-0.4, -0.2) is 199 Å².